The van der Waals surface area contributed by atoms with Crippen LogP contribution in [0.25, 0.3) is 11.1 Å². The van der Waals surface area contributed by atoms with Gasteiger partial charge < -0.3 is 5.73 Å². The Bertz CT molecular complexity index is 1050. The normalized spacial score (nSPS) is 13.3. The summed E-state index contributed by atoms with van der Waals surface area (Å²) in [6, 6.07) is 22.9. The fourth-order valence-electron chi connectivity index (χ4n) is 3.36. The van der Waals surface area contributed by atoms with Crippen molar-refractivity contribution >= 4 is 17.4 Å². The van der Waals surface area contributed by atoms with Gasteiger partial charge in [0.25, 0.3) is 0 Å². The van der Waals surface area contributed by atoms with E-state index in [2.05, 4.69) is 58.0 Å². The predicted octanol–water partition coefficient (Wildman–Crippen LogP) is 4.53. The van der Waals surface area contributed by atoms with E-state index < -0.39 is 0 Å². The number of hydrogen-bond acceptors (Lipinski definition) is 2. The quantitative estimate of drug-likeness (QED) is 0.323. The lowest BCUT2D eigenvalue weighted by Crippen LogP contribution is -2.27. The minimum absolute atomic E-state index is 0.270. The molecule has 27 heavy (non-hydrogen) atoms. The molecule has 4 rings (SSSR count). The molecule has 0 bridgehead atoms. The summed E-state index contributed by atoms with van der Waals surface area (Å²) < 4.78 is 0. The first kappa shape index (κ1) is 17.0. The fourth-order valence-corrected chi connectivity index (χ4v) is 3.36. The van der Waals surface area contributed by atoms with Crippen LogP contribution >= 0.6 is 0 Å². The van der Waals surface area contributed by atoms with Gasteiger partial charge in [0.15, 0.2) is 0 Å². The molecule has 4 heteroatoms. The molecular weight excluding hydrogens is 332 g/mol. The molecule has 0 aromatic heterocycles. The number of hydrogen-bond donors (Lipinski definition) is 2. The minimum atomic E-state index is 0.270. The van der Waals surface area contributed by atoms with Gasteiger partial charge in [0.2, 0.25) is 5.96 Å². The van der Waals surface area contributed by atoms with Crippen molar-refractivity contribution in [3.63, 3.8) is 0 Å². The number of guanidine groups is 1. The summed E-state index contributed by atoms with van der Waals surface area (Å²) >= 11 is 0. The molecular formula is C23H22N4. The van der Waals surface area contributed by atoms with Crippen molar-refractivity contribution < 1.29 is 0 Å². The van der Waals surface area contributed by atoms with E-state index in [9.17, 15) is 0 Å². The van der Waals surface area contributed by atoms with E-state index in [1.165, 1.54) is 27.8 Å². The van der Waals surface area contributed by atoms with Crippen LogP contribution in [-0.2, 0) is 6.42 Å². The number of nitrogens with one attached hydrogen (secondary N) is 1. The maximum atomic E-state index is 5.95. The highest BCUT2D eigenvalue weighted by molar-refractivity contribution is 6.00. The first-order valence-corrected chi connectivity index (χ1v) is 9.03. The third-order valence-electron chi connectivity index (χ3n) is 4.83. The molecule has 0 unspecified atom stereocenters. The van der Waals surface area contributed by atoms with Gasteiger partial charge in [-0.2, -0.15) is 5.10 Å². The minimum Gasteiger partial charge on any atom is -0.368 e. The molecule has 1 aliphatic rings. The molecule has 0 radical (unpaired) electrons. The Kier molecular flexibility index (Phi) is 4.47. The van der Waals surface area contributed by atoms with Crippen LogP contribution in [0, 0.1) is 6.92 Å². The Balaban J connectivity index is 1.51. The van der Waals surface area contributed by atoms with Crippen LogP contribution in [-0.4, -0.2) is 11.7 Å². The SMILES string of the molecule is CC(=NNC(N)=Nc1ccc(C)cc1)c1ccc2c(c1)Cc1ccccc1-2. The standard InChI is InChI=1S/C23H22N4/c1-15-7-10-20(11-8-15)25-23(24)27-26-16(2)17-9-12-22-19(13-17)14-18-5-3-4-6-21(18)22/h3-13H,14H2,1-2H3,(H3,24,25,27). The van der Waals surface area contributed by atoms with E-state index >= 15 is 0 Å². The summed E-state index contributed by atoms with van der Waals surface area (Å²) in [6.45, 7) is 4.01. The molecule has 0 saturated carbocycles. The van der Waals surface area contributed by atoms with Crippen LogP contribution in [0.4, 0.5) is 5.69 Å². The highest BCUT2D eigenvalue weighted by Gasteiger charge is 2.18. The highest BCUT2D eigenvalue weighted by Crippen LogP contribution is 2.36. The Morgan fingerprint density at radius 2 is 1.67 bits per heavy atom. The van der Waals surface area contributed by atoms with Crippen LogP contribution in [0.1, 0.15) is 29.2 Å². The van der Waals surface area contributed by atoms with Crippen LogP contribution in [0.3, 0.4) is 0 Å². The zero-order chi connectivity index (χ0) is 18.8. The van der Waals surface area contributed by atoms with E-state index in [4.69, 9.17) is 5.73 Å². The monoisotopic (exact) mass is 354 g/mol. The topological polar surface area (TPSA) is 62.8 Å². The van der Waals surface area contributed by atoms with Crippen LogP contribution in [0.5, 0.6) is 0 Å². The number of nitrogens with two attached hydrogens (primary N) is 1. The Hall–Kier alpha value is -3.40. The van der Waals surface area contributed by atoms with Gasteiger partial charge in [-0.1, -0.05) is 54.1 Å². The Labute approximate surface area is 159 Å². The molecule has 0 spiro atoms. The molecule has 0 amide bonds. The van der Waals surface area contributed by atoms with E-state index in [0.717, 1.165) is 23.4 Å². The first-order chi connectivity index (χ1) is 13.1. The molecule has 134 valence electrons. The van der Waals surface area contributed by atoms with Gasteiger partial charge in [0, 0.05) is 0 Å². The Morgan fingerprint density at radius 1 is 0.926 bits per heavy atom. The summed E-state index contributed by atoms with van der Waals surface area (Å²) in [5.74, 6) is 0.270. The van der Waals surface area contributed by atoms with Crippen molar-refractivity contribution in [1.29, 1.82) is 0 Å². The second kappa shape index (κ2) is 7.08. The maximum Gasteiger partial charge on any atom is 0.214 e. The molecule has 4 nitrogen and oxygen atoms in total. The average Bonchev–Trinajstić information content (AvgIpc) is 3.05. The number of nitrogens with zero attached hydrogens (tertiary/aromatic N) is 2. The molecule has 0 atom stereocenters. The molecule has 1 aliphatic carbocycles. The molecule has 0 heterocycles. The van der Waals surface area contributed by atoms with Crippen molar-refractivity contribution in [2.45, 2.75) is 20.3 Å². The molecule has 3 aromatic rings. The van der Waals surface area contributed by atoms with Gasteiger partial charge in [-0.25, -0.2) is 10.4 Å². The van der Waals surface area contributed by atoms with Gasteiger partial charge in [0.1, 0.15) is 0 Å². The largest absolute Gasteiger partial charge is 0.368 e. The maximum absolute atomic E-state index is 5.95. The summed E-state index contributed by atoms with van der Waals surface area (Å²) in [5.41, 5.74) is 18.1. The van der Waals surface area contributed by atoms with Crippen molar-refractivity contribution in [2.24, 2.45) is 15.8 Å². The molecule has 3 aromatic carbocycles. The van der Waals surface area contributed by atoms with E-state index in [1.54, 1.807) is 0 Å². The van der Waals surface area contributed by atoms with Gasteiger partial charge in [-0.15, -0.1) is 0 Å². The molecule has 0 aliphatic heterocycles. The third-order valence-corrected chi connectivity index (χ3v) is 4.83. The summed E-state index contributed by atoms with van der Waals surface area (Å²) in [7, 11) is 0. The zero-order valence-corrected chi connectivity index (χ0v) is 15.5. The van der Waals surface area contributed by atoms with E-state index in [-0.39, 0.29) is 5.96 Å². The van der Waals surface area contributed by atoms with E-state index in [0.29, 0.717) is 0 Å². The van der Waals surface area contributed by atoms with Crippen LogP contribution in [0.2, 0.25) is 0 Å². The van der Waals surface area contributed by atoms with E-state index in [1.807, 2.05) is 38.1 Å². The lowest BCUT2D eigenvalue weighted by atomic mass is 10.0. The van der Waals surface area contributed by atoms with Gasteiger partial charge in [-0.3, -0.25) is 0 Å². The molecule has 3 N–H and O–H groups in total. The number of fused-ring (bicyclic) bond motifs is 3. The molecule has 0 fully saturated rings. The molecule has 0 saturated heterocycles. The number of hydrazone groups is 1. The average molecular weight is 354 g/mol. The number of aliphatic imine (C=N–C) groups is 1. The van der Waals surface area contributed by atoms with Crippen LogP contribution < -0.4 is 11.2 Å². The Morgan fingerprint density at radius 3 is 2.48 bits per heavy atom. The summed E-state index contributed by atoms with van der Waals surface area (Å²) in [5, 5.41) is 4.39. The third kappa shape index (κ3) is 3.60. The lowest BCUT2D eigenvalue weighted by molar-refractivity contribution is 1.00. The van der Waals surface area contributed by atoms with Crippen molar-refractivity contribution in [3.8, 4) is 11.1 Å². The number of rotatable bonds is 3. The summed E-state index contributed by atoms with van der Waals surface area (Å²) in [4.78, 5) is 4.33. The van der Waals surface area contributed by atoms with Crippen molar-refractivity contribution in [3.05, 3.63) is 89.0 Å². The predicted molar refractivity (Wildman–Crippen MR) is 112 cm³/mol. The van der Waals surface area contributed by atoms with Crippen LogP contribution in [0.15, 0.2) is 76.8 Å². The van der Waals surface area contributed by atoms with Crippen molar-refractivity contribution in [1.82, 2.24) is 5.43 Å². The van der Waals surface area contributed by atoms with Gasteiger partial charge in [-0.05, 0) is 66.3 Å². The number of benzene rings is 3. The number of aryl methyl sites for hydroxylation is 1. The first-order valence-electron chi connectivity index (χ1n) is 9.03. The second-order valence-corrected chi connectivity index (χ2v) is 6.85. The second-order valence-electron chi connectivity index (χ2n) is 6.85. The van der Waals surface area contributed by atoms with Gasteiger partial charge >= 0.3 is 0 Å². The van der Waals surface area contributed by atoms with Crippen molar-refractivity contribution in [2.75, 3.05) is 0 Å². The summed E-state index contributed by atoms with van der Waals surface area (Å²) in [6.07, 6.45) is 0.969. The fraction of sp³-hybridized carbons (Fsp3) is 0.130. The zero-order valence-electron chi connectivity index (χ0n) is 15.5. The van der Waals surface area contributed by atoms with Gasteiger partial charge in [0.05, 0.1) is 11.4 Å². The smallest absolute Gasteiger partial charge is 0.214 e. The lowest BCUT2D eigenvalue weighted by Gasteiger charge is -2.06. The highest BCUT2D eigenvalue weighted by atomic mass is 15.4.